The predicted octanol–water partition coefficient (Wildman–Crippen LogP) is 4.25. The fourth-order valence-corrected chi connectivity index (χ4v) is 2.64. The van der Waals surface area contributed by atoms with Gasteiger partial charge in [-0.15, -0.1) is 0 Å². The summed E-state index contributed by atoms with van der Waals surface area (Å²) in [6, 6.07) is 24.8. The fourth-order valence-electron chi connectivity index (χ4n) is 2.64. The number of carbonyl (C=O) groups excluding carboxylic acids is 2. The van der Waals surface area contributed by atoms with Gasteiger partial charge in [-0.25, -0.2) is 14.6 Å². The number of benzene rings is 3. The molecule has 0 amide bonds. The molecule has 0 N–H and O–H groups in total. The lowest BCUT2D eigenvalue weighted by molar-refractivity contribution is -0.129. The van der Waals surface area contributed by atoms with Crippen LogP contribution >= 0.6 is 0 Å². The van der Waals surface area contributed by atoms with Crippen LogP contribution in [0.4, 0.5) is 0 Å². The largest absolute Gasteiger partial charge is 0.423 e. The van der Waals surface area contributed by atoms with Gasteiger partial charge in [-0.1, -0.05) is 48.5 Å². The summed E-state index contributed by atoms with van der Waals surface area (Å²) >= 11 is 0. The lowest BCUT2D eigenvalue weighted by atomic mass is 10.2. The molecule has 0 bridgehead atoms. The first-order valence-electron chi connectivity index (χ1n) is 8.64. The number of hydrogen-bond acceptors (Lipinski definition) is 5. The highest BCUT2D eigenvalue weighted by Gasteiger charge is 2.23. The van der Waals surface area contributed by atoms with Gasteiger partial charge in [0.25, 0.3) is 0 Å². The summed E-state index contributed by atoms with van der Waals surface area (Å²) in [7, 11) is 0. The molecule has 0 fully saturated rings. The molecule has 3 aromatic rings. The number of rotatable bonds is 4. The predicted molar refractivity (Wildman–Crippen MR) is 105 cm³/mol. The first-order valence-corrected chi connectivity index (χ1v) is 8.64. The third-order valence-corrected chi connectivity index (χ3v) is 4.04. The lowest BCUT2D eigenvalue weighted by Gasteiger charge is -2.04. The first kappa shape index (κ1) is 17.4. The monoisotopic (exact) mass is 369 g/mol. The van der Waals surface area contributed by atoms with Crippen LogP contribution in [0.3, 0.4) is 0 Å². The van der Waals surface area contributed by atoms with Gasteiger partial charge in [0.15, 0.2) is 5.70 Å². The minimum atomic E-state index is -0.501. The molecule has 5 heteroatoms. The number of aliphatic imine (C=N–C) groups is 1. The average Bonchev–Trinajstić information content (AvgIpc) is 3.11. The van der Waals surface area contributed by atoms with Crippen molar-refractivity contribution in [2.24, 2.45) is 4.99 Å². The van der Waals surface area contributed by atoms with Crippen LogP contribution in [-0.2, 0) is 9.53 Å². The van der Waals surface area contributed by atoms with Crippen molar-refractivity contribution >= 4 is 23.9 Å². The number of hydrogen-bond donors (Lipinski definition) is 0. The lowest BCUT2D eigenvalue weighted by Crippen LogP contribution is -2.07. The van der Waals surface area contributed by atoms with Gasteiger partial charge in [0.1, 0.15) is 5.75 Å². The molecule has 1 aliphatic heterocycles. The highest BCUT2D eigenvalue weighted by Crippen LogP contribution is 2.21. The van der Waals surface area contributed by atoms with Crippen molar-refractivity contribution in [1.82, 2.24) is 0 Å². The van der Waals surface area contributed by atoms with E-state index in [2.05, 4.69) is 4.99 Å². The fraction of sp³-hybridized carbons (Fsp3) is 0. The normalized spacial score (nSPS) is 14.5. The Morgan fingerprint density at radius 1 is 0.857 bits per heavy atom. The zero-order valence-electron chi connectivity index (χ0n) is 14.7. The third kappa shape index (κ3) is 3.88. The topological polar surface area (TPSA) is 65.0 Å². The van der Waals surface area contributed by atoms with E-state index < -0.39 is 11.9 Å². The summed E-state index contributed by atoms with van der Waals surface area (Å²) in [5, 5.41) is 0. The molecule has 0 aromatic heterocycles. The first-order chi connectivity index (χ1) is 13.7. The Labute approximate surface area is 161 Å². The standard InChI is InChI=1S/C23H15NO4/c25-22(18-9-5-2-6-10-18)27-19-13-11-16(12-14-19)15-20-23(26)28-21(24-20)17-7-3-1-4-8-17/h1-15H/b20-15-. The van der Waals surface area contributed by atoms with Gasteiger partial charge in [-0.05, 0) is 48.0 Å². The van der Waals surface area contributed by atoms with Crippen molar-refractivity contribution in [1.29, 1.82) is 0 Å². The Kier molecular flexibility index (Phi) is 4.80. The van der Waals surface area contributed by atoms with Gasteiger partial charge in [-0.2, -0.15) is 0 Å². The number of carbonyl (C=O) groups is 2. The van der Waals surface area contributed by atoms with E-state index in [1.807, 2.05) is 36.4 Å². The molecule has 28 heavy (non-hydrogen) atoms. The van der Waals surface area contributed by atoms with Crippen LogP contribution in [0.2, 0.25) is 0 Å². The minimum Gasteiger partial charge on any atom is -0.423 e. The van der Waals surface area contributed by atoms with Crippen molar-refractivity contribution in [2.75, 3.05) is 0 Å². The Hall–Kier alpha value is -3.99. The second kappa shape index (κ2) is 7.72. The maximum absolute atomic E-state index is 12.1. The smallest absolute Gasteiger partial charge is 0.363 e. The second-order valence-corrected chi connectivity index (χ2v) is 6.03. The molecule has 0 saturated carbocycles. The average molecular weight is 369 g/mol. The molecule has 1 aliphatic rings. The van der Waals surface area contributed by atoms with E-state index in [0.29, 0.717) is 11.3 Å². The molecule has 1 heterocycles. The van der Waals surface area contributed by atoms with Gasteiger partial charge in [0.05, 0.1) is 5.56 Å². The summed E-state index contributed by atoms with van der Waals surface area (Å²) in [6.07, 6.45) is 1.63. The highest BCUT2D eigenvalue weighted by molar-refractivity contribution is 6.12. The van der Waals surface area contributed by atoms with Crippen LogP contribution in [-0.4, -0.2) is 17.8 Å². The van der Waals surface area contributed by atoms with E-state index in [-0.39, 0.29) is 11.6 Å². The molecule has 4 rings (SSSR count). The van der Waals surface area contributed by atoms with Crippen molar-refractivity contribution in [3.8, 4) is 5.75 Å². The summed E-state index contributed by atoms with van der Waals surface area (Å²) in [5.41, 5.74) is 2.17. The Morgan fingerprint density at radius 2 is 1.50 bits per heavy atom. The maximum atomic E-state index is 12.1. The Bertz CT molecular complexity index is 1070. The van der Waals surface area contributed by atoms with Crippen molar-refractivity contribution in [2.45, 2.75) is 0 Å². The van der Waals surface area contributed by atoms with E-state index in [1.165, 1.54) is 0 Å². The zero-order valence-corrected chi connectivity index (χ0v) is 14.7. The van der Waals surface area contributed by atoms with Gasteiger partial charge in [0.2, 0.25) is 5.90 Å². The minimum absolute atomic E-state index is 0.216. The van der Waals surface area contributed by atoms with Crippen LogP contribution < -0.4 is 4.74 Å². The van der Waals surface area contributed by atoms with E-state index in [4.69, 9.17) is 9.47 Å². The highest BCUT2D eigenvalue weighted by atomic mass is 16.6. The number of cyclic esters (lactones) is 1. The number of ether oxygens (including phenoxy) is 2. The van der Waals surface area contributed by atoms with Gasteiger partial charge >= 0.3 is 11.9 Å². The molecule has 0 atom stereocenters. The molecular weight excluding hydrogens is 354 g/mol. The third-order valence-electron chi connectivity index (χ3n) is 4.04. The molecule has 0 aliphatic carbocycles. The second-order valence-electron chi connectivity index (χ2n) is 6.03. The molecule has 0 saturated heterocycles. The molecule has 3 aromatic carbocycles. The van der Waals surface area contributed by atoms with Crippen LogP contribution in [0.5, 0.6) is 5.75 Å². The molecular formula is C23H15NO4. The zero-order chi connectivity index (χ0) is 19.3. The van der Waals surface area contributed by atoms with E-state index in [0.717, 1.165) is 11.1 Å². The van der Waals surface area contributed by atoms with Crippen molar-refractivity contribution < 1.29 is 19.1 Å². The van der Waals surface area contributed by atoms with Gasteiger partial charge in [0, 0.05) is 5.56 Å². The van der Waals surface area contributed by atoms with E-state index >= 15 is 0 Å². The van der Waals surface area contributed by atoms with E-state index in [9.17, 15) is 9.59 Å². The van der Waals surface area contributed by atoms with Gasteiger partial charge < -0.3 is 9.47 Å². The SMILES string of the molecule is O=C1OC(c2ccccc2)=N/C1=C\c1ccc(OC(=O)c2ccccc2)cc1. The number of nitrogens with zero attached hydrogens (tertiary/aromatic N) is 1. The summed E-state index contributed by atoms with van der Waals surface area (Å²) in [5.74, 6) is -0.231. The number of esters is 2. The summed E-state index contributed by atoms with van der Waals surface area (Å²) in [6.45, 7) is 0. The molecule has 0 radical (unpaired) electrons. The van der Waals surface area contributed by atoms with Crippen LogP contribution in [0.15, 0.2) is 95.6 Å². The molecule has 0 spiro atoms. The van der Waals surface area contributed by atoms with E-state index in [1.54, 1.807) is 54.6 Å². The quantitative estimate of drug-likeness (QED) is 0.392. The van der Waals surface area contributed by atoms with Crippen LogP contribution in [0, 0.1) is 0 Å². The molecule has 0 unspecified atom stereocenters. The van der Waals surface area contributed by atoms with Crippen molar-refractivity contribution in [3.05, 3.63) is 107 Å². The van der Waals surface area contributed by atoms with Crippen LogP contribution in [0.1, 0.15) is 21.5 Å². The van der Waals surface area contributed by atoms with Crippen LogP contribution in [0.25, 0.3) is 6.08 Å². The Morgan fingerprint density at radius 3 is 2.18 bits per heavy atom. The Balaban J connectivity index is 1.49. The molecule has 5 nitrogen and oxygen atoms in total. The molecule has 136 valence electrons. The summed E-state index contributed by atoms with van der Waals surface area (Å²) < 4.78 is 10.6. The van der Waals surface area contributed by atoms with Gasteiger partial charge in [-0.3, -0.25) is 0 Å². The maximum Gasteiger partial charge on any atom is 0.363 e. The van der Waals surface area contributed by atoms with Crippen molar-refractivity contribution in [3.63, 3.8) is 0 Å². The summed E-state index contributed by atoms with van der Waals surface area (Å²) in [4.78, 5) is 28.4.